The number of aryl methyl sites for hydroxylation is 1. The second-order valence-electron chi connectivity index (χ2n) is 7.29. The second-order valence-corrected chi connectivity index (χ2v) is 8.66. The predicted octanol–water partition coefficient (Wildman–Crippen LogP) is 2.84. The summed E-state index contributed by atoms with van der Waals surface area (Å²) in [6, 6.07) is 4.57. The molecule has 1 heterocycles. The van der Waals surface area contributed by atoms with Crippen molar-refractivity contribution >= 4 is 46.5 Å². The van der Waals surface area contributed by atoms with E-state index in [4.69, 9.17) is 17.0 Å². The van der Waals surface area contributed by atoms with Gasteiger partial charge in [-0.2, -0.15) is 0 Å². The summed E-state index contributed by atoms with van der Waals surface area (Å²) in [7, 11) is 1.58. The number of nitro groups is 2. The topological polar surface area (TPSA) is 166 Å². The molecule has 0 bridgehead atoms. The molecule has 190 valence electrons. The minimum absolute atomic E-state index is 0.0790. The highest BCUT2D eigenvalue weighted by Gasteiger charge is 2.27. The minimum atomic E-state index is -0.631. The molecule has 3 N–H and O–H groups in total. The van der Waals surface area contributed by atoms with Crippen LogP contribution in [0.4, 0.5) is 11.5 Å². The second kappa shape index (κ2) is 13.4. The van der Waals surface area contributed by atoms with Gasteiger partial charge in [0.15, 0.2) is 15.9 Å². The van der Waals surface area contributed by atoms with Crippen molar-refractivity contribution in [3.05, 3.63) is 49.8 Å². The van der Waals surface area contributed by atoms with Gasteiger partial charge in [0.05, 0.1) is 23.8 Å². The van der Waals surface area contributed by atoms with Crippen LogP contribution in [-0.4, -0.2) is 49.8 Å². The number of amides is 1. The third-order valence-electron chi connectivity index (χ3n) is 4.72. The maximum absolute atomic E-state index is 12.1. The molecule has 15 heteroatoms. The highest BCUT2D eigenvalue weighted by atomic mass is 32.2. The largest absolute Gasteiger partial charge is 0.487 e. The SMILES string of the molecule is CCCCCOc1ccc(Cn2c(C)nc([N+](=O)[O-])c2SCC(=O)NNC(=S)NC)cc1[N+](=O)[O-]. The molecule has 0 saturated carbocycles. The van der Waals surface area contributed by atoms with Gasteiger partial charge in [-0.25, -0.2) is 0 Å². The lowest BCUT2D eigenvalue weighted by Crippen LogP contribution is -2.46. The van der Waals surface area contributed by atoms with Crippen LogP contribution in [0.25, 0.3) is 0 Å². The number of nitrogens with one attached hydrogen (secondary N) is 3. The van der Waals surface area contributed by atoms with Crippen LogP contribution in [0, 0.1) is 27.2 Å². The third kappa shape index (κ3) is 8.06. The van der Waals surface area contributed by atoms with E-state index in [0.717, 1.165) is 31.0 Å². The van der Waals surface area contributed by atoms with E-state index in [1.165, 1.54) is 12.1 Å². The van der Waals surface area contributed by atoms with Crippen molar-refractivity contribution in [1.29, 1.82) is 0 Å². The normalized spacial score (nSPS) is 10.5. The summed E-state index contributed by atoms with van der Waals surface area (Å²) in [6.45, 7) is 4.09. The summed E-state index contributed by atoms with van der Waals surface area (Å²) in [5.74, 6) is -0.523. The molecule has 1 amide bonds. The van der Waals surface area contributed by atoms with E-state index in [9.17, 15) is 25.0 Å². The van der Waals surface area contributed by atoms with Gasteiger partial charge in [0.2, 0.25) is 11.7 Å². The zero-order valence-electron chi connectivity index (χ0n) is 19.5. The summed E-state index contributed by atoms with van der Waals surface area (Å²) in [4.78, 5) is 38.1. The molecule has 2 rings (SSSR count). The number of nitrogens with zero attached hydrogens (tertiary/aromatic N) is 4. The molecule has 35 heavy (non-hydrogen) atoms. The third-order valence-corrected chi connectivity index (χ3v) is 6.11. The Kier molecular flexibility index (Phi) is 10.7. The first kappa shape index (κ1) is 27.8. The van der Waals surface area contributed by atoms with E-state index in [0.29, 0.717) is 18.0 Å². The molecule has 0 fully saturated rings. The van der Waals surface area contributed by atoms with E-state index in [1.54, 1.807) is 24.6 Å². The summed E-state index contributed by atoms with van der Waals surface area (Å²) in [6.07, 6.45) is 2.75. The molecule has 1 aromatic carbocycles. The van der Waals surface area contributed by atoms with E-state index in [2.05, 4.69) is 28.1 Å². The van der Waals surface area contributed by atoms with Crippen molar-refractivity contribution in [3.63, 3.8) is 0 Å². The molecule has 0 spiro atoms. The van der Waals surface area contributed by atoms with Crippen LogP contribution in [0.5, 0.6) is 5.75 Å². The number of carbonyl (C=O) groups excluding carboxylic acids is 1. The standard InChI is InChI=1S/C20H27N7O6S2/c1-4-5-6-9-33-16-8-7-14(10-15(16)26(29)30)11-25-13(2)22-18(27(31)32)19(25)35-12-17(28)23-24-20(34)21-3/h7-8,10H,4-6,9,11-12H2,1-3H3,(H,23,28)(H2,21,24,34). The molecule has 2 aromatic rings. The van der Waals surface area contributed by atoms with Crippen LogP contribution in [0.3, 0.4) is 0 Å². The molecule has 13 nitrogen and oxygen atoms in total. The van der Waals surface area contributed by atoms with Crippen LogP contribution < -0.4 is 20.9 Å². The van der Waals surface area contributed by atoms with E-state index < -0.39 is 21.6 Å². The number of ether oxygens (including phenoxy) is 1. The van der Waals surface area contributed by atoms with Crippen molar-refractivity contribution in [2.24, 2.45) is 0 Å². The fourth-order valence-electron chi connectivity index (χ4n) is 2.98. The molecule has 0 aliphatic carbocycles. The summed E-state index contributed by atoms with van der Waals surface area (Å²) >= 11 is 5.80. The van der Waals surface area contributed by atoms with E-state index in [-0.39, 0.29) is 33.9 Å². The van der Waals surface area contributed by atoms with Crippen LogP contribution >= 0.6 is 24.0 Å². The maximum atomic E-state index is 12.1. The minimum Gasteiger partial charge on any atom is -0.487 e. The molecular formula is C20H27N7O6S2. The Hall–Kier alpha value is -3.46. The first-order valence-corrected chi connectivity index (χ1v) is 12.1. The number of thioether (sulfide) groups is 1. The van der Waals surface area contributed by atoms with E-state index >= 15 is 0 Å². The van der Waals surface area contributed by atoms with Gasteiger partial charge >= 0.3 is 11.5 Å². The fraction of sp³-hybridized carbons (Fsp3) is 0.450. The highest BCUT2D eigenvalue weighted by molar-refractivity contribution is 8.00. The molecule has 1 aromatic heterocycles. The first-order chi connectivity index (χ1) is 16.7. The van der Waals surface area contributed by atoms with Crippen molar-refractivity contribution in [1.82, 2.24) is 25.7 Å². The van der Waals surface area contributed by atoms with Gasteiger partial charge in [-0.1, -0.05) is 37.6 Å². The summed E-state index contributed by atoms with van der Waals surface area (Å²) in [5, 5.41) is 26.1. The molecule has 0 atom stereocenters. The monoisotopic (exact) mass is 525 g/mol. The number of hydrogen-bond donors (Lipinski definition) is 3. The Morgan fingerprint density at radius 3 is 2.60 bits per heavy atom. The summed E-state index contributed by atoms with van der Waals surface area (Å²) < 4.78 is 7.13. The number of hydrogen-bond acceptors (Lipinski definition) is 9. The molecule has 0 unspecified atom stereocenters. The van der Waals surface area contributed by atoms with Gasteiger partial charge in [-0.05, 0) is 40.2 Å². The van der Waals surface area contributed by atoms with Gasteiger partial charge in [0.1, 0.15) is 0 Å². The number of carbonyl (C=O) groups is 1. The molecule has 0 saturated heterocycles. The maximum Gasteiger partial charge on any atom is 0.396 e. The van der Waals surface area contributed by atoms with Crippen LogP contribution in [0.2, 0.25) is 0 Å². The summed E-state index contributed by atoms with van der Waals surface area (Å²) in [5.41, 5.74) is 5.20. The number of thiocarbonyl (C=S) groups is 1. The molecule has 0 radical (unpaired) electrons. The molecule has 0 aliphatic heterocycles. The number of imidazole rings is 1. The first-order valence-electron chi connectivity index (χ1n) is 10.7. The lowest BCUT2D eigenvalue weighted by Gasteiger charge is -2.11. The quantitative estimate of drug-likeness (QED) is 0.123. The van der Waals surface area contributed by atoms with Crippen molar-refractivity contribution in [3.8, 4) is 5.75 Å². The number of benzene rings is 1. The Labute approximate surface area is 211 Å². The lowest BCUT2D eigenvalue weighted by molar-refractivity contribution is -0.392. The zero-order valence-corrected chi connectivity index (χ0v) is 21.2. The van der Waals surface area contributed by atoms with Crippen molar-refractivity contribution < 1.29 is 19.4 Å². The van der Waals surface area contributed by atoms with Gasteiger partial charge in [-0.3, -0.25) is 30.3 Å². The highest BCUT2D eigenvalue weighted by Crippen LogP contribution is 2.33. The van der Waals surface area contributed by atoms with Crippen LogP contribution in [0.1, 0.15) is 37.6 Å². The number of unbranched alkanes of at least 4 members (excludes halogenated alkanes) is 2. The molecule has 0 aliphatic rings. The zero-order chi connectivity index (χ0) is 26.0. The van der Waals surface area contributed by atoms with Crippen molar-refractivity contribution in [2.75, 3.05) is 19.4 Å². The van der Waals surface area contributed by atoms with Gasteiger partial charge in [0, 0.05) is 20.0 Å². The van der Waals surface area contributed by atoms with Gasteiger partial charge in [0.25, 0.3) is 0 Å². The number of hydrazine groups is 1. The number of nitro benzene ring substituents is 1. The Bertz CT molecular complexity index is 1090. The van der Waals surface area contributed by atoms with Gasteiger partial charge < -0.3 is 20.2 Å². The fourth-order valence-corrected chi connectivity index (χ4v) is 3.97. The average Bonchev–Trinajstić information content (AvgIpc) is 3.14. The number of rotatable bonds is 12. The Balaban J connectivity index is 2.24. The number of aromatic nitrogens is 2. The van der Waals surface area contributed by atoms with Gasteiger partial charge in [-0.15, -0.1) is 0 Å². The van der Waals surface area contributed by atoms with Crippen LogP contribution in [-0.2, 0) is 11.3 Å². The Morgan fingerprint density at radius 1 is 1.23 bits per heavy atom. The molecular weight excluding hydrogens is 498 g/mol. The van der Waals surface area contributed by atoms with E-state index in [1.807, 2.05) is 0 Å². The lowest BCUT2D eigenvalue weighted by atomic mass is 10.2. The smallest absolute Gasteiger partial charge is 0.396 e. The van der Waals surface area contributed by atoms with Crippen LogP contribution in [0.15, 0.2) is 23.2 Å². The van der Waals surface area contributed by atoms with Crippen molar-refractivity contribution in [2.45, 2.75) is 44.7 Å². The Morgan fingerprint density at radius 2 is 1.97 bits per heavy atom. The average molecular weight is 526 g/mol. The predicted molar refractivity (Wildman–Crippen MR) is 134 cm³/mol.